The molecular formula is C24H30N8O6S. The fourth-order valence-corrected chi connectivity index (χ4v) is 3.89. The third-order valence-electron chi connectivity index (χ3n) is 5.75. The molecule has 0 spiro atoms. The quantitative estimate of drug-likeness (QED) is 0.107. The number of carbonyl (C=O) groups is 4. The Morgan fingerprint density at radius 2 is 1.31 bits per heavy atom. The lowest BCUT2D eigenvalue weighted by Gasteiger charge is -2.24. The van der Waals surface area contributed by atoms with Crippen LogP contribution in [0.2, 0.25) is 0 Å². The molecule has 1 aromatic carbocycles. The van der Waals surface area contributed by atoms with Gasteiger partial charge in [-0.05, 0) is 24.1 Å². The molecule has 0 aliphatic rings. The van der Waals surface area contributed by atoms with Crippen molar-refractivity contribution >= 4 is 36.3 Å². The molecule has 9 N–H and O–H groups in total. The number of nitrogens with one attached hydrogen (secondary N) is 5. The van der Waals surface area contributed by atoms with Crippen LogP contribution in [0.25, 0.3) is 0 Å². The average Bonchev–Trinajstić information content (AvgIpc) is 3.62. The fraction of sp³-hybridized carbons (Fsp3) is 0.333. The van der Waals surface area contributed by atoms with Crippen molar-refractivity contribution in [2.24, 2.45) is 5.73 Å². The summed E-state index contributed by atoms with van der Waals surface area (Å²) in [5, 5.41) is 26.3. The third kappa shape index (κ3) is 8.86. The number of rotatable bonds is 14. The molecule has 0 aliphatic carbocycles. The third-order valence-corrected chi connectivity index (χ3v) is 6.11. The Kier molecular flexibility index (Phi) is 10.5. The van der Waals surface area contributed by atoms with Gasteiger partial charge in [-0.3, -0.25) is 14.4 Å². The van der Waals surface area contributed by atoms with Crippen LogP contribution in [0.4, 0.5) is 0 Å². The van der Waals surface area contributed by atoms with Crippen molar-refractivity contribution < 1.29 is 29.4 Å². The first-order valence-corrected chi connectivity index (χ1v) is 12.5. The second-order valence-electron chi connectivity index (χ2n) is 8.74. The highest BCUT2D eigenvalue weighted by molar-refractivity contribution is 7.80. The van der Waals surface area contributed by atoms with Gasteiger partial charge in [0.05, 0.1) is 18.7 Å². The number of nitrogens with zero attached hydrogens (tertiary/aromatic N) is 2. The molecule has 15 heteroatoms. The maximum atomic E-state index is 13.4. The summed E-state index contributed by atoms with van der Waals surface area (Å²) >= 11 is 3.96. The van der Waals surface area contributed by atoms with Crippen molar-refractivity contribution in [2.45, 2.75) is 43.4 Å². The SMILES string of the molecule is NC(Cc1ccc(O)cc1)C(=O)NC(Cc1cnc[nH]1)C(=O)NC(Cc1cnc[nH]1)C(=O)NC(CS)C(=O)O. The number of phenols is 1. The highest BCUT2D eigenvalue weighted by atomic mass is 32.1. The average molecular weight is 559 g/mol. The molecule has 0 fully saturated rings. The number of aromatic amines is 2. The molecule has 14 nitrogen and oxygen atoms in total. The molecule has 3 amide bonds. The van der Waals surface area contributed by atoms with Gasteiger partial charge in [0.15, 0.2) is 0 Å². The van der Waals surface area contributed by atoms with Crippen molar-refractivity contribution in [3.05, 3.63) is 66.3 Å². The van der Waals surface area contributed by atoms with E-state index in [4.69, 9.17) is 5.73 Å². The number of amides is 3. The van der Waals surface area contributed by atoms with E-state index < -0.39 is 47.9 Å². The zero-order valence-corrected chi connectivity index (χ0v) is 21.6. The van der Waals surface area contributed by atoms with Gasteiger partial charge in [0, 0.05) is 42.4 Å². The molecule has 0 saturated carbocycles. The van der Waals surface area contributed by atoms with Crippen molar-refractivity contribution in [1.29, 1.82) is 0 Å². The maximum Gasteiger partial charge on any atom is 0.327 e. The molecule has 208 valence electrons. The summed E-state index contributed by atoms with van der Waals surface area (Å²) in [6, 6.07) is 1.57. The highest BCUT2D eigenvalue weighted by Crippen LogP contribution is 2.11. The Labute approximate surface area is 228 Å². The van der Waals surface area contributed by atoms with Crippen LogP contribution < -0.4 is 21.7 Å². The number of aliphatic carboxylic acids is 1. The maximum absolute atomic E-state index is 13.4. The molecule has 0 saturated heterocycles. The first kappa shape index (κ1) is 29.2. The molecule has 39 heavy (non-hydrogen) atoms. The molecule has 0 radical (unpaired) electrons. The van der Waals surface area contributed by atoms with E-state index in [0.29, 0.717) is 17.0 Å². The molecule has 3 aromatic rings. The summed E-state index contributed by atoms with van der Waals surface area (Å²) < 4.78 is 0. The Bertz CT molecular complexity index is 1240. The van der Waals surface area contributed by atoms with Gasteiger partial charge >= 0.3 is 5.97 Å². The number of aromatic hydroxyl groups is 1. The molecule has 0 aliphatic heterocycles. The number of nitrogens with two attached hydrogens (primary N) is 1. The van der Waals surface area contributed by atoms with Gasteiger partial charge in [-0.15, -0.1) is 0 Å². The lowest BCUT2D eigenvalue weighted by molar-refractivity contribution is -0.141. The molecule has 4 atom stereocenters. The monoisotopic (exact) mass is 558 g/mol. The van der Waals surface area contributed by atoms with Crippen LogP contribution in [0.15, 0.2) is 49.3 Å². The number of hydrogen-bond acceptors (Lipinski definition) is 9. The summed E-state index contributed by atoms with van der Waals surface area (Å²) in [5.74, 6) is -3.44. The van der Waals surface area contributed by atoms with E-state index in [1.54, 1.807) is 12.1 Å². The number of benzene rings is 1. The summed E-state index contributed by atoms with van der Waals surface area (Å²) in [4.78, 5) is 64.2. The standard InChI is InChI=1S/C24H30N8O6S/c25-17(5-13-1-3-16(33)4-2-13)21(34)30-18(6-14-8-26-11-28-14)22(35)31-19(7-15-9-27-12-29-15)23(36)32-20(10-39)24(37)38/h1-4,8-9,11-12,17-20,33,39H,5-7,10,25H2,(H,26,28)(H,27,29)(H,30,34)(H,31,35)(H,32,36)(H,37,38). The predicted molar refractivity (Wildman–Crippen MR) is 142 cm³/mol. The van der Waals surface area contributed by atoms with Crippen molar-refractivity contribution in [3.8, 4) is 5.75 Å². The Hall–Kier alpha value is -4.37. The van der Waals surface area contributed by atoms with Crippen LogP contribution >= 0.6 is 12.6 Å². The second kappa shape index (κ2) is 14.0. The first-order valence-electron chi connectivity index (χ1n) is 11.9. The minimum Gasteiger partial charge on any atom is -0.508 e. The first-order chi connectivity index (χ1) is 18.7. The molecule has 0 bridgehead atoms. The fourth-order valence-electron chi connectivity index (χ4n) is 3.64. The number of phenolic OH excluding ortho intramolecular Hbond substituents is 1. The van der Waals surface area contributed by atoms with E-state index in [1.165, 1.54) is 37.2 Å². The predicted octanol–water partition coefficient (Wildman–Crippen LogP) is -1.34. The van der Waals surface area contributed by atoms with Crippen LogP contribution in [0, 0.1) is 0 Å². The van der Waals surface area contributed by atoms with E-state index in [9.17, 15) is 29.4 Å². The largest absolute Gasteiger partial charge is 0.508 e. The van der Waals surface area contributed by atoms with Crippen molar-refractivity contribution in [1.82, 2.24) is 35.9 Å². The number of imidazole rings is 2. The minimum absolute atomic E-state index is 0.0102. The number of aromatic nitrogens is 4. The topological polar surface area (TPSA) is 228 Å². The second-order valence-corrected chi connectivity index (χ2v) is 9.11. The lowest BCUT2D eigenvalue weighted by Crippen LogP contribution is -2.58. The van der Waals surface area contributed by atoms with Crippen LogP contribution in [-0.2, 0) is 38.4 Å². The van der Waals surface area contributed by atoms with Crippen LogP contribution in [-0.4, -0.2) is 83.8 Å². The zero-order chi connectivity index (χ0) is 28.4. The van der Waals surface area contributed by atoms with Gasteiger partial charge in [-0.25, -0.2) is 14.8 Å². The number of carboxylic acid groups (broad SMARTS) is 1. The van der Waals surface area contributed by atoms with E-state index in [-0.39, 0.29) is 30.8 Å². The highest BCUT2D eigenvalue weighted by Gasteiger charge is 2.31. The van der Waals surface area contributed by atoms with Gasteiger partial charge in [0.2, 0.25) is 17.7 Å². The smallest absolute Gasteiger partial charge is 0.327 e. The summed E-state index contributed by atoms with van der Waals surface area (Å²) in [5.41, 5.74) is 7.84. The van der Waals surface area contributed by atoms with Gasteiger partial charge in [0.25, 0.3) is 0 Å². The molecule has 2 heterocycles. The van der Waals surface area contributed by atoms with Gasteiger partial charge in [0.1, 0.15) is 23.9 Å². The normalized spacial score (nSPS) is 14.0. The van der Waals surface area contributed by atoms with Crippen LogP contribution in [0.1, 0.15) is 17.0 Å². The minimum atomic E-state index is -1.28. The molecule has 2 aromatic heterocycles. The number of hydrogen-bond donors (Lipinski definition) is 9. The van der Waals surface area contributed by atoms with E-state index in [2.05, 4.69) is 48.5 Å². The molecular weight excluding hydrogens is 528 g/mol. The van der Waals surface area contributed by atoms with Gasteiger partial charge < -0.3 is 41.9 Å². The number of carboxylic acids is 1. The number of carbonyl (C=O) groups excluding carboxylic acids is 3. The number of thiol groups is 1. The Morgan fingerprint density at radius 3 is 1.74 bits per heavy atom. The van der Waals surface area contributed by atoms with Gasteiger partial charge in [-0.2, -0.15) is 12.6 Å². The van der Waals surface area contributed by atoms with Crippen LogP contribution in [0.5, 0.6) is 5.75 Å². The Morgan fingerprint density at radius 1 is 0.821 bits per heavy atom. The zero-order valence-electron chi connectivity index (χ0n) is 20.7. The van der Waals surface area contributed by atoms with Crippen molar-refractivity contribution in [3.63, 3.8) is 0 Å². The summed E-state index contributed by atoms with van der Waals surface area (Å²) in [6.45, 7) is 0. The van der Waals surface area contributed by atoms with Gasteiger partial charge in [-0.1, -0.05) is 12.1 Å². The van der Waals surface area contributed by atoms with Crippen LogP contribution in [0.3, 0.4) is 0 Å². The van der Waals surface area contributed by atoms with E-state index in [1.807, 2.05) is 0 Å². The Balaban J connectivity index is 1.75. The molecule has 4 unspecified atom stereocenters. The lowest BCUT2D eigenvalue weighted by atomic mass is 10.0. The molecule has 3 rings (SSSR count). The van der Waals surface area contributed by atoms with Crippen molar-refractivity contribution in [2.75, 3.05) is 5.75 Å². The van der Waals surface area contributed by atoms with E-state index >= 15 is 0 Å². The summed E-state index contributed by atoms with van der Waals surface area (Å²) in [6.07, 6.45) is 5.90. The summed E-state index contributed by atoms with van der Waals surface area (Å²) in [7, 11) is 0. The van der Waals surface area contributed by atoms with E-state index in [0.717, 1.165) is 0 Å². The number of H-pyrrole nitrogens is 2.